The van der Waals surface area contributed by atoms with Crippen molar-refractivity contribution in [2.45, 2.75) is 12.5 Å². The van der Waals surface area contributed by atoms with E-state index in [0.29, 0.717) is 5.75 Å². The maximum atomic E-state index is 12.5. The molecule has 0 radical (unpaired) electrons. The van der Waals surface area contributed by atoms with E-state index in [0.717, 1.165) is 6.26 Å². The minimum absolute atomic E-state index is 0.107. The topological polar surface area (TPSA) is 122 Å². The SMILES string of the molecule is C[C@@](COc1ccccc1)(NC(=O)c1cccc(NS(C)(=O)=O)c1)C(=O)O. The Balaban J connectivity index is 2.14. The summed E-state index contributed by atoms with van der Waals surface area (Å²) in [7, 11) is -3.50. The van der Waals surface area contributed by atoms with Crippen LogP contribution in [0.5, 0.6) is 5.75 Å². The monoisotopic (exact) mass is 392 g/mol. The quantitative estimate of drug-likeness (QED) is 0.629. The summed E-state index contributed by atoms with van der Waals surface area (Å²) >= 11 is 0. The molecule has 27 heavy (non-hydrogen) atoms. The van der Waals surface area contributed by atoms with Crippen LogP contribution in [0.4, 0.5) is 5.69 Å². The molecular formula is C18H20N2O6S. The van der Waals surface area contributed by atoms with Gasteiger partial charge in [-0.15, -0.1) is 0 Å². The van der Waals surface area contributed by atoms with Crippen LogP contribution in [0.25, 0.3) is 0 Å². The fourth-order valence-corrected chi connectivity index (χ4v) is 2.71. The number of carboxylic acids is 1. The highest BCUT2D eigenvalue weighted by Gasteiger charge is 2.36. The molecule has 1 atom stereocenters. The molecule has 0 spiro atoms. The van der Waals surface area contributed by atoms with Crippen molar-refractivity contribution in [3.8, 4) is 5.75 Å². The first-order chi connectivity index (χ1) is 12.6. The second-order valence-corrected chi connectivity index (χ2v) is 7.90. The number of hydrogen-bond donors (Lipinski definition) is 3. The molecule has 0 bridgehead atoms. The first-order valence-corrected chi connectivity index (χ1v) is 9.80. The number of anilines is 1. The Kier molecular flexibility index (Phi) is 6.06. The van der Waals surface area contributed by atoms with E-state index in [4.69, 9.17) is 4.74 Å². The Morgan fingerprint density at radius 3 is 2.37 bits per heavy atom. The standard InChI is InChI=1S/C18H20N2O6S/c1-18(17(22)23,12-26-15-9-4-3-5-10-15)19-16(21)13-7-6-8-14(11-13)20-27(2,24)25/h3-11,20H,12H2,1-2H3,(H,19,21)(H,22,23)/t18-/m0/s1. The van der Waals surface area contributed by atoms with Crippen LogP contribution in [0.15, 0.2) is 54.6 Å². The van der Waals surface area contributed by atoms with Crippen LogP contribution in [0.1, 0.15) is 17.3 Å². The van der Waals surface area contributed by atoms with E-state index in [-0.39, 0.29) is 17.9 Å². The molecule has 0 unspecified atom stereocenters. The zero-order valence-electron chi connectivity index (χ0n) is 14.8. The third-order valence-corrected chi connectivity index (χ3v) is 4.17. The van der Waals surface area contributed by atoms with Crippen molar-refractivity contribution in [3.63, 3.8) is 0 Å². The minimum atomic E-state index is -3.50. The number of nitrogens with one attached hydrogen (secondary N) is 2. The highest BCUT2D eigenvalue weighted by molar-refractivity contribution is 7.92. The van der Waals surface area contributed by atoms with Gasteiger partial charge in [-0.2, -0.15) is 0 Å². The second kappa shape index (κ2) is 8.09. The predicted octanol–water partition coefficient (Wildman–Crippen LogP) is 1.71. The van der Waals surface area contributed by atoms with Crippen LogP contribution >= 0.6 is 0 Å². The highest BCUT2D eigenvalue weighted by Crippen LogP contribution is 2.16. The molecule has 144 valence electrons. The molecule has 0 aliphatic heterocycles. The summed E-state index contributed by atoms with van der Waals surface area (Å²) in [6, 6.07) is 14.4. The van der Waals surface area contributed by atoms with Gasteiger partial charge < -0.3 is 15.2 Å². The molecule has 0 saturated heterocycles. The van der Waals surface area contributed by atoms with Gasteiger partial charge in [0, 0.05) is 11.3 Å². The molecule has 0 fully saturated rings. The van der Waals surface area contributed by atoms with Crippen LogP contribution in [-0.4, -0.2) is 43.8 Å². The summed E-state index contributed by atoms with van der Waals surface area (Å²) < 4.78 is 30.4. The average molecular weight is 392 g/mol. The Labute approximate surface area is 157 Å². The fourth-order valence-electron chi connectivity index (χ4n) is 2.16. The zero-order chi connectivity index (χ0) is 20.1. The third-order valence-electron chi connectivity index (χ3n) is 3.56. The molecule has 0 aromatic heterocycles. The van der Waals surface area contributed by atoms with Crippen LogP contribution in [-0.2, 0) is 14.8 Å². The summed E-state index contributed by atoms with van der Waals surface area (Å²) in [5.41, 5.74) is -1.38. The maximum absolute atomic E-state index is 12.5. The van der Waals surface area contributed by atoms with E-state index in [1.165, 1.54) is 31.2 Å². The number of carboxylic acid groups (broad SMARTS) is 1. The van der Waals surface area contributed by atoms with Gasteiger partial charge in [0.15, 0.2) is 5.54 Å². The number of amides is 1. The van der Waals surface area contributed by atoms with Gasteiger partial charge in [-0.3, -0.25) is 9.52 Å². The number of hydrogen-bond acceptors (Lipinski definition) is 5. The molecule has 0 saturated carbocycles. The number of benzene rings is 2. The lowest BCUT2D eigenvalue weighted by atomic mass is 10.0. The van der Waals surface area contributed by atoms with Gasteiger partial charge in [-0.1, -0.05) is 24.3 Å². The van der Waals surface area contributed by atoms with Crippen molar-refractivity contribution in [1.82, 2.24) is 5.32 Å². The van der Waals surface area contributed by atoms with E-state index in [1.54, 1.807) is 30.3 Å². The predicted molar refractivity (Wildman–Crippen MR) is 100 cm³/mol. The molecule has 1 amide bonds. The first kappa shape index (κ1) is 20.2. The number of carbonyl (C=O) groups is 2. The second-order valence-electron chi connectivity index (χ2n) is 6.15. The summed E-state index contributed by atoms with van der Waals surface area (Å²) in [6.07, 6.45) is 0.988. The van der Waals surface area contributed by atoms with E-state index in [2.05, 4.69) is 10.0 Å². The van der Waals surface area contributed by atoms with E-state index in [9.17, 15) is 23.1 Å². The van der Waals surface area contributed by atoms with E-state index in [1.807, 2.05) is 0 Å². The van der Waals surface area contributed by atoms with Crippen molar-refractivity contribution in [2.75, 3.05) is 17.6 Å². The molecule has 0 aliphatic carbocycles. The van der Waals surface area contributed by atoms with E-state index < -0.39 is 27.4 Å². The summed E-state index contributed by atoms with van der Waals surface area (Å²) in [4.78, 5) is 24.2. The number of para-hydroxylation sites is 1. The van der Waals surface area contributed by atoms with Crippen molar-refractivity contribution >= 4 is 27.6 Å². The number of rotatable bonds is 8. The molecule has 2 rings (SSSR count). The van der Waals surface area contributed by atoms with Crippen molar-refractivity contribution in [3.05, 3.63) is 60.2 Å². The average Bonchev–Trinajstić information content (AvgIpc) is 2.59. The Morgan fingerprint density at radius 1 is 1.11 bits per heavy atom. The molecular weight excluding hydrogens is 372 g/mol. The number of aliphatic carboxylic acids is 1. The van der Waals surface area contributed by atoms with Crippen LogP contribution in [0, 0.1) is 0 Å². The van der Waals surface area contributed by atoms with Gasteiger partial charge in [0.2, 0.25) is 10.0 Å². The molecule has 2 aromatic rings. The summed E-state index contributed by atoms with van der Waals surface area (Å²) in [5, 5.41) is 12.0. The van der Waals surface area contributed by atoms with Gasteiger partial charge >= 0.3 is 5.97 Å². The van der Waals surface area contributed by atoms with Crippen molar-refractivity contribution in [1.29, 1.82) is 0 Å². The molecule has 3 N–H and O–H groups in total. The lowest BCUT2D eigenvalue weighted by molar-refractivity contribution is -0.145. The normalized spacial score (nSPS) is 13.3. The van der Waals surface area contributed by atoms with Gasteiger partial charge in [-0.05, 0) is 37.3 Å². The Morgan fingerprint density at radius 2 is 1.78 bits per heavy atom. The molecule has 0 heterocycles. The van der Waals surface area contributed by atoms with Crippen molar-refractivity contribution in [2.24, 2.45) is 0 Å². The Hall–Kier alpha value is -3.07. The molecule has 2 aromatic carbocycles. The van der Waals surface area contributed by atoms with Gasteiger partial charge in [0.25, 0.3) is 5.91 Å². The van der Waals surface area contributed by atoms with Gasteiger partial charge in [-0.25, -0.2) is 13.2 Å². The summed E-state index contributed by atoms with van der Waals surface area (Å²) in [6.45, 7) is 1.04. The molecule has 8 nitrogen and oxygen atoms in total. The number of ether oxygens (including phenoxy) is 1. The maximum Gasteiger partial charge on any atom is 0.332 e. The number of carbonyl (C=O) groups excluding carboxylic acids is 1. The van der Waals surface area contributed by atoms with Crippen LogP contribution < -0.4 is 14.8 Å². The highest BCUT2D eigenvalue weighted by atomic mass is 32.2. The van der Waals surface area contributed by atoms with Crippen molar-refractivity contribution < 1.29 is 27.9 Å². The lowest BCUT2D eigenvalue weighted by Crippen LogP contribution is -2.56. The summed E-state index contributed by atoms with van der Waals surface area (Å²) in [5.74, 6) is -1.47. The van der Waals surface area contributed by atoms with Gasteiger partial charge in [0.05, 0.1) is 6.26 Å². The smallest absolute Gasteiger partial charge is 0.332 e. The third kappa shape index (κ3) is 6.00. The zero-order valence-corrected chi connectivity index (χ0v) is 15.6. The van der Waals surface area contributed by atoms with Crippen LogP contribution in [0.3, 0.4) is 0 Å². The van der Waals surface area contributed by atoms with Crippen LogP contribution in [0.2, 0.25) is 0 Å². The Bertz CT molecular complexity index is 930. The lowest BCUT2D eigenvalue weighted by Gasteiger charge is -2.26. The first-order valence-electron chi connectivity index (χ1n) is 7.91. The number of sulfonamides is 1. The van der Waals surface area contributed by atoms with Gasteiger partial charge in [0.1, 0.15) is 12.4 Å². The molecule has 0 aliphatic rings. The minimum Gasteiger partial charge on any atom is -0.491 e. The molecule has 9 heteroatoms. The fraction of sp³-hybridized carbons (Fsp3) is 0.222. The van der Waals surface area contributed by atoms with E-state index >= 15 is 0 Å². The largest absolute Gasteiger partial charge is 0.491 e.